The van der Waals surface area contributed by atoms with Crippen molar-refractivity contribution in [1.82, 2.24) is 0 Å². The van der Waals surface area contributed by atoms with Gasteiger partial charge in [0.25, 0.3) is 0 Å². The summed E-state index contributed by atoms with van der Waals surface area (Å²) < 4.78 is 14.6. The molecule has 0 N–H and O–H groups in total. The van der Waals surface area contributed by atoms with Crippen molar-refractivity contribution in [3.05, 3.63) is 11.8 Å². The second-order valence-electron chi connectivity index (χ2n) is 2.58. The van der Waals surface area contributed by atoms with E-state index in [1.54, 1.807) is 13.0 Å². The van der Waals surface area contributed by atoms with E-state index in [4.69, 9.17) is 9.47 Å². The molecule has 0 spiro atoms. The Balaban J connectivity index is 2.15. The van der Waals surface area contributed by atoms with E-state index in [9.17, 15) is 4.79 Å². The molecule has 0 radical (unpaired) electrons. The van der Waals surface area contributed by atoms with Crippen LogP contribution in [0.3, 0.4) is 0 Å². The second kappa shape index (κ2) is 1.76. The third-order valence-corrected chi connectivity index (χ3v) is 1.79. The molecule has 4 heteroatoms. The van der Waals surface area contributed by atoms with Crippen LogP contribution in [0.25, 0.3) is 0 Å². The first-order valence-electron chi connectivity index (χ1n) is 3.33. The summed E-state index contributed by atoms with van der Waals surface area (Å²) in [6.07, 6.45) is 1.53. The molecule has 0 saturated carbocycles. The van der Waals surface area contributed by atoms with Crippen LogP contribution in [0, 0.1) is 0 Å². The summed E-state index contributed by atoms with van der Waals surface area (Å²) >= 11 is 0. The molecule has 2 atom stereocenters. The van der Waals surface area contributed by atoms with E-state index in [1.807, 2.05) is 0 Å². The molecule has 0 bridgehead atoms. The van der Waals surface area contributed by atoms with Crippen molar-refractivity contribution in [3.63, 3.8) is 0 Å². The van der Waals surface area contributed by atoms with Crippen molar-refractivity contribution >= 4 is 5.97 Å². The summed E-state index contributed by atoms with van der Waals surface area (Å²) in [4.78, 5) is 11.0. The lowest BCUT2D eigenvalue weighted by Crippen LogP contribution is -2.28. The van der Waals surface area contributed by atoms with Gasteiger partial charge in [-0.1, -0.05) is 0 Å². The zero-order valence-electron chi connectivity index (χ0n) is 6.29. The average Bonchev–Trinajstić information content (AvgIpc) is 2.55. The number of carbonyl (C=O) groups excluding carboxylic acids is 1. The predicted octanol–water partition coefficient (Wildman–Crippen LogP) is 0.188. The van der Waals surface area contributed by atoms with Crippen LogP contribution >= 0.6 is 0 Å². The highest BCUT2D eigenvalue weighted by Crippen LogP contribution is 2.46. The number of rotatable bonds is 1. The Bertz CT molecular complexity index is 245. The fourth-order valence-corrected chi connectivity index (χ4v) is 1.22. The van der Waals surface area contributed by atoms with E-state index in [1.165, 1.54) is 7.11 Å². The van der Waals surface area contributed by atoms with Crippen molar-refractivity contribution in [2.75, 3.05) is 7.11 Å². The van der Waals surface area contributed by atoms with Gasteiger partial charge in [-0.05, 0) is 13.0 Å². The van der Waals surface area contributed by atoms with Crippen LogP contribution in [0.2, 0.25) is 0 Å². The van der Waals surface area contributed by atoms with Crippen molar-refractivity contribution in [2.45, 2.75) is 18.8 Å². The lowest BCUT2D eigenvalue weighted by molar-refractivity contribution is -0.162. The van der Waals surface area contributed by atoms with Gasteiger partial charge in [-0.2, -0.15) is 0 Å². The van der Waals surface area contributed by atoms with E-state index in [2.05, 4.69) is 4.74 Å². The quantitative estimate of drug-likeness (QED) is 0.401. The Kier molecular flexibility index (Phi) is 1.07. The van der Waals surface area contributed by atoms with Crippen LogP contribution in [0.5, 0.6) is 0 Å². The highest BCUT2D eigenvalue weighted by Gasteiger charge is 2.69. The van der Waals surface area contributed by atoms with E-state index in [-0.39, 0.29) is 6.10 Å². The third-order valence-electron chi connectivity index (χ3n) is 1.79. The minimum atomic E-state index is -1.11. The minimum Gasteiger partial charge on any atom is -0.464 e. The molecule has 0 aromatic rings. The molecule has 60 valence electrons. The number of carbonyl (C=O) groups is 1. The van der Waals surface area contributed by atoms with Crippen molar-refractivity contribution in [3.8, 4) is 0 Å². The van der Waals surface area contributed by atoms with Gasteiger partial charge in [-0.15, -0.1) is 0 Å². The summed E-state index contributed by atoms with van der Waals surface area (Å²) in [6, 6.07) is 0. The van der Waals surface area contributed by atoms with E-state index >= 15 is 0 Å². The summed E-state index contributed by atoms with van der Waals surface area (Å²) in [6.45, 7) is 1.78. The Morgan fingerprint density at radius 3 is 3.00 bits per heavy atom. The summed E-state index contributed by atoms with van der Waals surface area (Å²) in [5, 5.41) is 0. The summed E-state index contributed by atoms with van der Waals surface area (Å²) in [5.74, 6) is -0.860. The SMILES string of the molecule is COC(=O)C12OC(C)=CC1O2. The van der Waals surface area contributed by atoms with Gasteiger partial charge in [0.2, 0.25) is 0 Å². The van der Waals surface area contributed by atoms with Gasteiger partial charge in [0.05, 0.1) is 12.9 Å². The van der Waals surface area contributed by atoms with Crippen LogP contribution in [0.15, 0.2) is 11.8 Å². The smallest absolute Gasteiger partial charge is 0.382 e. The molecule has 0 aliphatic carbocycles. The molecule has 1 saturated heterocycles. The van der Waals surface area contributed by atoms with Crippen molar-refractivity contribution in [2.24, 2.45) is 0 Å². The molecule has 2 aliphatic heterocycles. The van der Waals surface area contributed by atoms with E-state index in [0.717, 1.165) is 0 Å². The predicted molar refractivity (Wildman–Crippen MR) is 34.5 cm³/mol. The topological polar surface area (TPSA) is 48.1 Å². The maximum Gasteiger partial charge on any atom is 0.382 e. The van der Waals surface area contributed by atoms with Crippen LogP contribution < -0.4 is 0 Å². The van der Waals surface area contributed by atoms with Gasteiger partial charge in [-0.25, -0.2) is 4.79 Å². The van der Waals surface area contributed by atoms with E-state index in [0.29, 0.717) is 5.76 Å². The Morgan fingerprint density at radius 1 is 1.82 bits per heavy atom. The van der Waals surface area contributed by atoms with Crippen LogP contribution in [-0.2, 0) is 19.0 Å². The van der Waals surface area contributed by atoms with Gasteiger partial charge in [0.15, 0.2) is 6.10 Å². The molecule has 4 nitrogen and oxygen atoms in total. The number of epoxide rings is 1. The molecule has 2 unspecified atom stereocenters. The second-order valence-corrected chi connectivity index (χ2v) is 2.58. The lowest BCUT2D eigenvalue weighted by atomic mass is 10.3. The highest BCUT2D eigenvalue weighted by molar-refractivity contribution is 5.83. The summed E-state index contributed by atoms with van der Waals surface area (Å²) in [7, 11) is 1.31. The molecule has 2 aliphatic rings. The van der Waals surface area contributed by atoms with E-state index < -0.39 is 11.8 Å². The number of ether oxygens (including phenoxy) is 3. The number of allylic oxidation sites excluding steroid dienone is 1. The molecule has 0 amide bonds. The van der Waals surface area contributed by atoms with Gasteiger partial charge >= 0.3 is 11.8 Å². The molecular formula is C7H8O4. The molecule has 11 heavy (non-hydrogen) atoms. The normalized spacial score (nSPS) is 38.7. The van der Waals surface area contributed by atoms with Gasteiger partial charge in [0.1, 0.15) is 0 Å². The van der Waals surface area contributed by atoms with Crippen LogP contribution in [0.4, 0.5) is 0 Å². The van der Waals surface area contributed by atoms with Crippen LogP contribution in [0.1, 0.15) is 6.92 Å². The lowest BCUT2D eigenvalue weighted by Gasteiger charge is -2.08. The Labute approximate surface area is 63.7 Å². The Morgan fingerprint density at radius 2 is 2.55 bits per heavy atom. The number of hydrogen-bond acceptors (Lipinski definition) is 4. The average molecular weight is 156 g/mol. The molecule has 0 aromatic carbocycles. The monoisotopic (exact) mass is 156 g/mol. The first kappa shape index (κ1) is 6.67. The first-order valence-corrected chi connectivity index (χ1v) is 3.33. The fraction of sp³-hybridized carbons (Fsp3) is 0.571. The summed E-state index contributed by atoms with van der Waals surface area (Å²) in [5.41, 5.74) is 0. The molecule has 1 fully saturated rings. The van der Waals surface area contributed by atoms with Crippen LogP contribution in [-0.4, -0.2) is 25.0 Å². The molecule has 0 aromatic heterocycles. The maximum atomic E-state index is 11.0. The number of esters is 1. The highest BCUT2D eigenvalue weighted by atomic mass is 16.8. The number of methoxy groups -OCH3 is 1. The first-order chi connectivity index (χ1) is 5.19. The fourth-order valence-electron chi connectivity index (χ4n) is 1.22. The zero-order chi connectivity index (χ0) is 8.06. The molecule has 2 rings (SSSR count). The molecule has 2 heterocycles. The minimum absolute atomic E-state index is 0.227. The standard InChI is InChI=1S/C7H8O4/c1-4-3-5-7(10-4,11-5)6(8)9-2/h3,5H,1-2H3. The van der Waals surface area contributed by atoms with Gasteiger partial charge in [-0.3, -0.25) is 0 Å². The molecular weight excluding hydrogens is 148 g/mol. The van der Waals surface area contributed by atoms with Gasteiger partial charge in [0, 0.05) is 0 Å². The van der Waals surface area contributed by atoms with Gasteiger partial charge < -0.3 is 14.2 Å². The number of hydrogen-bond donors (Lipinski definition) is 0. The van der Waals surface area contributed by atoms with Crippen molar-refractivity contribution < 1.29 is 19.0 Å². The van der Waals surface area contributed by atoms with Crippen molar-refractivity contribution in [1.29, 1.82) is 0 Å². The maximum absolute atomic E-state index is 11.0. The Hall–Kier alpha value is -1.03. The third kappa shape index (κ3) is 0.699. The largest absolute Gasteiger partial charge is 0.464 e. The zero-order valence-corrected chi connectivity index (χ0v) is 6.29. The number of fused-ring (bicyclic) bond motifs is 1.